The van der Waals surface area contributed by atoms with E-state index >= 15 is 0 Å². The van der Waals surface area contributed by atoms with Gasteiger partial charge in [-0.25, -0.2) is 14.4 Å². The molecule has 2 aromatic carbocycles. The Morgan fingerprint density at radius 3 is 2.79 bits per heavy atom. The highest BCUT2D eigenvalue weighted by Crippen LogP contribution is 2.39. The number of aliphatic hydroxyl groups excluding tert-OH is 1. The molecule has 0 saturated carbocycles. The van der Waals surface area contributed by atoms with E-state index in [4.69, 9.17) is 19.8 Å². The molecule has 4 aromatic rings. The fraction of sp³-hybridized carbons (Fsp3) is 0.240. The van der Waals surface area contributed by atoms with E-state index in [9.17, 15) is 4.39 Å². The smallest absolute Gasteiger partial charge is 0.174 e. The minimum absolute atomic E-state index is 0.0852. The van der Waals surface area contributed by atoms with Crippen LogP contribution in [0.5, 0.6) is 11.5 Å². The first-order valence-corrected chi connectivity index (χ1v) is 10.7. The summed E-state index contributed by atoms with van der Waals surface area (Å²) in [6.45, 7) is 5.85. The van der Waals surface area contributed by atoms with Gasteiger partial charge in [0.25, 0.3) is 0 Å². The Morgan fingerprint density at radius 2 is 2.06 bits per heavy atom. The molecule has 0 saturated heterocycles. The summed E-state index contributed by atoms with van der Waals surface area (Å²) < 4.78 is 25.8. The third-order valence-corrected chi connectivity index (χ3v) is 5.29. The maximum Gasteiger partial charge on any atom is 0.174 e. The molecule has 0 aliphatic rings. The molecule has 8 nitrogen and oxygen atoms in total. The number of H-pyrrole nitrogens is 1. The number of halogens is 1. The molecule has 0 amide bonds. The number of anilines is 1. The molecule has 2 N–H and O–H groups in total. The molecule has 0 atom stereocenters. The maximum absolute atomic E-state index is 14.7. The second kappa shape index (κ2) is 9.77. The lowest BCUT2D eigenvalue weighted by atomic mass is 10.0. The summed E-state index contributed by atoms with van der Waals surface area (Å²) in [7, 11) is 1.86. The van der Waals surface area contributed by atoms with Gasteiger partial charge in [0.15, 0.2) is 18.1 Å². The highest BCUT2D eigenvalue weighted by molar-refractivity contribution is 6.15. The number of likely N-dealkylation sites (N-methyl/N-ethyl adjacent to an activating group) is 1. The van der Waals surface area contributed by atoms with Crippen LogP contribution in [-0.4, -0.2) is 53.5 Å². The van der Waals surface area contributed by atoms with Gasteiger partial charge in [-0.3, -0.25) is 0 Å². The number of nitriles is 1. The Kier molecular flexibility index (Phi) is 6.61. The van der Waals surface area contributed by atoms with E-state index in [0.717, 1.165) is 5.52 Å². The van der Waals surface area contributed by atoms with E-state index in [0.29, 0.717) is 57.2 Å². The van der Waals surface area contributed by atoms with Crippen LogP contribution in [0.15, 0.2) is 43.0 Å². The lowest BCUT2D eigenvalue weighted by molar-refractivity contribution is 0.195. The Labute approximate surface area is 195 Å². The number of aryl methyl sites for hydroxylation is 1. The number of hydrogen-bond donors (Lipinski definition) is 2. The zero-order valence-corrected chi connectivity index (χ0v) is 18.9. The number of aromatic nitrogens is 3. The number of ether oxygens (including phenoxy) is 2. The summed E-state index contributed by atoms with van der Waals surface area (Å²) in [4.78, 5) is 14.4. The van der Waals surface area contributed by atoms with Gasteiger partial charge in [-0.2, -0.15) is 5.26 Å². The Hall–Kier alpha value is -4.16. The van der Waals surface area contributed by atoms with E-state index in [2.05, 4.69) is 21.5 Å². The first-order valence-electron chi connectivity index (χ1n) is 10.7. The molecule has 0 aliphatic heterocycles. The third kappa shape index (κ3) is 4.36. The summed E-state index contributed by atoms with van der Waals surface area (Å²) in [5.74, 6) is 0.898. The highest BCUT2D eigenvalue weighted by Gasteiger charge is 2.20. The van der Waals surface area contributed by atoms with Crippen molar-refractivity contribution in [3.05, 3.63) is 54.6 Å². The highest BCUT2D eigenvalue weighted by atomic mass is 19.1. The van der Waals surface area contributed by atoms with Crippen LogP contribution in [0.2, 0.25) is 0 Å². The predicted octanol–water partition coefficient (Wildman–Crippen LogP) is 4.12. The van der Waals surface area contributed by atoms with E-state index in [1.807, 2.05) is 18.0 Å². The molecule has 0 radical (unpaired) electrons. The third-order valence-electron chi connectivity index (χ3n) is 5.29. The summed E-state index contributed by atoms with van der Waals surface area (Å²) in [5, 5.41) is 19.4. The molecule has 0 unspecified atom stereocenters. The predicted molar refractivity (Wildman–Crippen MR) is 129 cm³/mol. The number of nitrogens with one attached hydrogen (secondary N) is 1. The van der Waals surface area contributed by atoms with Gasteiger partial charge in [0, 0.05) is 24.5 Å². The van der Waals surface area contributed by atoms with Gasteiger partial charge in [-0.05, 0) is 37.3 Å². The van der Waals surface area contributed by atoms with Crippen molar-refractivity contribution >= 4 is 27.6 Å². The zero-order valence-electron chi connectivity index (χ0n) is 18.9. The molecule has 0 aliphatic carbocycles. The van der Waals surface area contributed by atoms with Crippen LogP contribution in [-0.2, 0) is 0 Å². The van der Waals surface area contributed by atoms with Gasteiger partial charge in [-0.15, -0.1) is 6.58 Å². The number of fused-ring (bicyclic) bond motifs is 3. The zero-order chi connectivity index (χ0) is 24.2. The lowest BCUT2D eigenvalue weighted by Gasteiger charge is -2.18. The Balaban J connectivity index is 1.96. The largest absolute Gasteiger partial charge is 0.487 e. The van der Waals surface area contributed by atoms with Crippen LogP contribution < -0.4 is 14.4 Å². The van der Waals surface area contributed by atoms with Crippen LogP contribution in [0.25, 0.3) is 33.2 Å². The van der Waals surface area contributed by atoms with Crippen molar-refractivity contribution in [2.75, 3.05) is 38.3 Å². The summed E-state index contributed by atoms with van der Waals surface area (Å²) in [5.41, 5.74) is 3.28. The van der Waals surface area contributed by atoms with Crippen molar-refractivity contribution in [1.29, 1.82) is 5.26 Å². The number of nitrogens with zero attached hydrogens (tertiary/aromatic N) is 4. The Morgan fingerprint density at radius 1 is 1.24 bits per heavy atom. The average Bonchev–Trinajstić information content (AvgIpc) is 3.18. The number of hydrogen-bond acceptors (Lipinski definition) is 7. The van der Waals surface area contributed by atoms with Crippen molar-refractivity contribution in [2.45, 2.75) is 6.92 Å². The molecular weight excluding hydrogens is 437 g/mol. The van der Waals surface area contributed by atoms with E-state index in [-0.39, 0.29) is 25.6 Å². The fourth-order valence-electron chi connectivity index (χ4n) is 3.91. The molecule has 0 fully saturated rings. The topological polar surface area (TPSA) is 107 Å². The fourth-order valence-corrected chi connectivity index (χ4v) is 3.91. The van der Waals surface area contributed by atoms with Gasteiger partial charge in [0.05, 0.1) is 28.9 Å². The van der Waals surface area contributed by atoms with E-state index in [1.165, 1.54) is 12.1 Å². The molecule has 9 heteroatoms. The van der Waals surface area contributed by atoms with Crippen molar-refractivity contribution in [2.24, 2.45) is 0 Å². The van der Waals surface area contributed by atoms with Gasteiger partial charge in [0.2, 0.25) is 0 Å². The molecule has 0 bridgehead atoms. The van der Waals surface area contributed by atoms with Gasteiger partial charge in [0.1, 0.15) is 30.0 Å². The van der Waals surface area contributed by atoms with Crippen molar-refractivity contribution in [1.82, 2.24) is 15.0 Å². The van der Waals surface area contributed by atoms with Crippen LogP contribution in [0.1, 0.15) is 5.82 Å². The second-order valence-electron chi connectivity index (χ2n) is 7.67. The first kappa shape index (κ1) is 23.0. The molecule has 2 aromatic heterocycles. The minimum atomic E-state index is -0.378. The number of benzene rings is 2. The van der Waals surface area contributed by atoms with Crippen molar-refractivity contribution in [3.8, 4) is 28.8 Å². The van der Waals surface area contributed by atoms with Gasteiger partial charge >= 0.3 is 0 Å². The molecule has 2 heterocycles. The van der Waals surface area contributed by atoms with Crippen LogP contribution in [0.3, 0.4) is 0 Å². The molecule has 0 spiro atoms. The van der Waals surface area contributed by atoms with Crippen molar-refractivity contribution < 1.29 is 19.0 Å². The summed E-state index contributed by atoms with van der Waals surface area (Å²) in [6.07, 6.45) is 1.75. The maximum atomic E-state index is 14.7. The van der Waals surface area contributed by atoms with Gasteiger partial charge in [-0.1, -0.05) is 6.08 Å². The Bertz CT molecular complexity index is 1410. The number of aromatic amines is 1. The molecule has 34 heavy (non-hydrogen) atoms. The van der Waals surface area contributed by atoms with Crippen LogP contribution >= 0.6 is 0 Å². The number of aliphatic hydroxyl groups is 1. The van der Waals surface area contributed by atoms with Crippen LogP contribution in [0.4, 0.5) is 10.1 Å². The van der Waals surface area contributed by atoms with E-state index in [1.54, 1.807) is 31.2 Å². The van der Waals surface area contributed by atoms with Gasteiger partial charge < -0.3 is 24.5 Å². The first-order chi connectivity index (χ1) is 16.5. The standard InChI is InChI=1S/C25H24FN5O3/c1-4-8-31(3)19-14-17(26)13-18-22-23(28-15(2)29-25(22)30-24(18)19)16-5-6-20(34-11-9-32)21(12-16)33-10-7-27/h4-6,12-14,32H,1,8-11H2,2-3H3,(H,28,29,30). The number of rotatable bonds is 9. The average molecular weight is 461 g/mol. The quantitative estimate of drug-likeness (QED) is 0.361. The monoisotopic (exact) mass is 461 g/mol. The molecule has 174 valence electrons. The summed E-state index contributed by atoms with van der Waals surface area (Å²) in [6, 6.07) is 10.1. The molecular formula is C25H24FN5O3. The lowest BCUT2D eigenvalue weighted by Crippen LogP contribution is -2.17. The minimum Gasteiger partial charge on any atom is -0.487 e. The normalized spacial score (nSPS) is 10.9. The second-order valence-corrected chi connectivity index (χ2v) is 7.67. The van der Waals surface area contributed by atoms with Crippen LogP contribution in [0, 0.1) is 24.1 Å². The SMILES string of the molecule is C=CCN(C)c1cc(F)cc2c1[nH]c1nc(C)nc(-c3ccc(OCCO)c(OCC#N)c3)c12. The van der Waals surface area contributed by atoms with E-state index < -0.39 is 0 Å². The molecule has 4 rings (SSSR count). The van der Waals surface area contributed by atoms with Crippen molar-refractivity contribution in [3.63, 3.8) is 0 Å². The summed E-state index contributed by atoms with van der Waals surface area (Å²) >= 11 is 0.